The molecule has 0 radical (unpaired) electrons. The maximum absolute atomic E-state index is 12.7. The summed E-state index contributed by atoms with van der Waals surface area (Å²) in [5.74, 6) is -0.508. The zero-order chi connectivity index (χ0) is 22.1. The smallest absolute Gasteiger partial charge is 0.335 e. The number of furan rings is 1. The van der Waals surface area contributed by atoms with Crippen molar-refractivity contribution in [1.29, 1.82) is 0 Å². The highest BCUT2D eigenvalue weighted by Crippen LogP contribution is 2.28. The van der Waals surface area contributed by atoms with Crippen molar-refractivity contribution in [1.82, 2.24) is 10.2 Å². The number of nitrogens with one attached hydrogen (secondary N) is 1. The first kappa shape index (κ1) is 20.6. The van der Waals surface area contributed by atoms with Gasteiger partial charge in [0.25, 0.3) is 5.91 Å². The second-order valence-corrected chi connectivity index (χ2v) is 7.96. The Bertz CT molecular complexity index is 1230. The number of aryl methyl sites for hydroxylation is 1. The SMILES string of the molecule is Cc1cc(C(=O)O)ccc1-c1ccc(C=C2NC(=O)N(Cc3ccc(Br)cc3)C2=O)o1. The number of amides is 3. The third-order valence-corrected chi connectivity index (χ3v) is 5.40. The third kappa shape index (κ3) is 4.29. The van der Waals surface area contributed by atoms with Crippen LogP contribution >= 0.6 is 15.9 Å². The first-order valence-electron chi connectivity index (χ1n) is 9.35. The van der Waals surface area contributed by atoms with Gasteiger partial charge in [0.1, 0.15) is 17.2 Å². The van der Waals surface area contributed by atoms with Crippen molar-refractivity contribution in [2.24, 2.45) is 0 Å². The lowest BCUT2D eigenvalue weighted by molar-refractivity contribution is -0.123. The van der Waals surface area contributed by atoms with Gasteiger partial charge in [-0.15, -0.1) is 0 Å². The van der Waals surface area contributed by atoms with Crippen molar-refractivity contribution in [3.63, 3.8) is 0 Å². The molecule has 3 amide bonds. The highest BCUT2D eigenvalue weighted by atomic mass is 79.9. The van der Waals surface area contributed by atoms with E-state index in [4.69, 9.17) is 9.52 Å². The Hall–Kier alpha value is -3.65. The van der Waals surface area contributed by atoms with Crippen molar-refractivity contribution < 1.29 is 23.9 Å². The largest absolute Gasteiger partial charge is 0.478 e. The van der Waals surface area contributed by atoms with Crippen molar-refractivity contribution in [2.75, 3.05) is 0 Å². The highest BCUT2D eigenvalue weighted by Gasteiger charge is 2.33. The summed E-state index contributed by atoms with van der Waals surface area (Å²) in [7, 11) is 0. The van der Waals surface area contributed by atoms with Crippen LogP contribution in [0.1, 0.15) is 27.2 Å². The number of carboxylic acids is 1. The summed E-state index contributed by atoms with van der Waals surface area (Å²) < 4.78 is 6.72. The molecule has 0 aliphatic carbocycles. The molecule has 1 saturated heterocycles. The van der Waals surface area contributed by atoms with Crippen molar-refractivity contribution in [2.45, 2.75) is 13.5 Å². The average Bonchev–Trinajstić information content (AvgIpc) is 3.29. The predicted octanol–water partition coefficient (Wildman–Crippen LogP) is 4.81. The number of urea groups is 1. The molecule has 1 aliphatic rings. The third-order valence-electron chi connectivity index (χ3n) is 4.87. The molecule has 7 nitrogen and oxygen atoms in total. The minimum Gasteiger partial charge on any atom is -0.478 e. The molecule has 156 valence electrons. The highest BCUT2D eigenvalue weighted by molar-refractivity contribution is 9.10. The number of hydrogen-bond donors (Lipinski definition) is 2. The topological polar surface area (TPSA) is 99.9 Å². The summed E-state index contributed by atoms with van der Waals surface area (Å²) in [6.07, 6.45) is 1.48. The number of aromatic carboxylic acids is 1. The van der Waals surface area contributed by atoms with Crippen molar-refractivity contribution in [3.05, 3.63) is 87.2 Å². The van der Waals surface area contributed by atoms with E-state index in [0.29, 0.717) is 11.5 Å². The molecule has 0 atom stereocenters. The Kier molecular flexibility index (Phi) is 5.48. The fourth-order valence-electron chi connectivity index (χ4n) is 3.28. The number of carboxylic acid groups (broad SMARTS) is 1. The van der Waals surface area contributed by atoms with Gasteiger partial charge in [0.15, 0.2) is 0 Å². The van der Waals surface area contributed by atoms with E-state index in [9.17, 15) is 14.4 Å². The van der Waals surface area contributed by atoms with E-state index in [2.05, 4.69) is 21.2 Å². The number of carbonyl (C=O) groups excluding carboxylic acids is 2. The Morgan fingerprint density at radius 3 is 2.55 bits per heavy atom. The van der Waals surface area contributed by atoms with Crippen LogP contribution in [0.2, 0.25) is 0 Å². The van der Waals surface area contributed by atoms with Gasteiger partial charge in [0, 0.05) is 16.1 Å². The first-order valence-corrected chi connectivity index (χ1v) is 10.1. The molecule has 2 aromatic carbocycles. The lowest BCUT2D eigenvalue weighted by Gasteiger charge is -2.11. The van der Waals surface area contributed by atoms with Gasteiger partial charge in [-0.05, 0) is 54.4 Å². The van der Waals surface area contributed by atoms with Gasteiger partial charge in [-0.1, -0.05) is 34.1 Å². The number of nitrogens with zero attached hydrogens (tertiary/aromatic N) is 1. The number of benzene rings is 2. The molecule has 0 unspecified atom stereocenters. The van der Waals surface area contributed by atoms with Gasteiger partial charge in [-0.25, -0.2) is 9.59 Å². The zero-order valence-electron chi connectivity index (χ0n) is 16.4. The minimum atomic E-state index is -0.998. The average molecular weight is 481 g/mol. The monoisotopic (exact) mass is 480 g/mol. The summed E-state index contributed by atoms with van der Waals surface area (Å²) in [4.78, 5) is 37.2. The van der Waals surface area contributed by atoms with E-state index in [-0.39, 0.29) is 17.8 Å². The predicted molar refractivity (Wildman–Crippen MR) is 117 cm³/mol. The molecule has 3 aromatic rings. The van der Waals surface area contributed by atoms with Crippen LogP contribution in [0, 0.1) is 6.92 Å². The van der Waals surface area contributed by atoms with Crippen molar-refractivity contribution >= 4 is 39.9 Å². The molecule has 0 bridgehead atoms. The Morgan fingerprint density at radius 2 is 1.87 bits per heavy atom. The van der Waals surface area contributed by atoms with Crippen LogP contribution in [0.5, 0.6) is 0 Å². The molecule has 0 spiro atoms. The van der Waals surface area contributed by atoms with Crippen molar-refractivity contribution in [3.8, 4) is 11.3 Å². The first-order chi connectivity index (χ1) is 14.8. The molecule has 4 rings (SSSR count). The van der Waals surface area contributed by atoms with Gasteiger partial charge < -0.3 is 14.8 Å². The van der Waals surface area contributed by atoms with Gasteiger partial charge in [-0.2, -0.15) is 0 Å². The number of halogens is 1. The fourth-order valence-corrected chi connectivity index (χ4v) is 3.54. The number of imide groups is 1. The molecule has 1 fully saturated rings. The second-order valence-electron chi connectivity index (χ2n) is 7.04. The van der Waals surface area contributed by atoms with Crippen LogP contribution < -0.4 is 5.32 Å². The Morgan fingerprint density at radius 1 is 1.13 bits per heavy atom. The molecule has 1 aromatic heterocycles. The van der Waals surface area contributed by atoms with Crippen LogP contribution in [0.15, 0.2) is 69.2 Å². The molecule has 1 aliphatic heterocycles. The van der Waals surface area contributed by atoms with Gasteiger partial charge in [0.05, 0.1) is 12.1 Å². The van der Waals surface area contributed by atoms with E-state index < -0.39 is 17.9 Å². The lowest BCUT2D eigenvalue weighted by atomic mass is 10.0. The fraction of sp³-hybridized carbons (Fsp3) is 0.0870. The number of carbonyl (C=O) groups is 3. The van der Waals surface area contributed by atoms with E-state index >= 15 is 0 Å². The molecular formula is C23H17BrN2O5. The second kappa shape index (κ2) is 8.23. The molecule has 0 saturated carbocycles. The van der Waals surface area contributed by atoms with Crippen LogP contribution in [0.4, 0.5) is 4.79 Å². The van der Waals surface area contributed by atoms with E-state index in [1.807, 2.05) is 24.3 Å². The van der Waals surface area contributed by atoms with Gasteiger partial charge >= 0.3 is 12.0 Å². The zero-order valence-corrected chi connectivity index (χ0v) is 18.0. The van der Waals surface area contributed by atoms with Crippen LogP contribution in [-0.4, -0.2) is 27.9 Å². The Labute approximate surface area is 186 Å². The van der Waals surface area contributed by atoms with Crippen LogP contribution in [0.3, 0.4) is 0 Å². The number of hydrogen-bond acceptors (Lipinski definition) is 4. The molecule has 8 heteroatoms. The maximum atomic E-state index is 12.7. The summed E-state index contributed by atoms with van der Waals surface area (Å²) >= 11 is 3.36. The van der Waals surface area contributed by atoms with Crippen LogP contribution in [0.25, 0.3) is 17.4 Å². The van der Waals surface area contributed by atoms with E-state index in [1.165, 1.54) is 12.1 Å². The van der Waals surface area contributed by atoms with Gasteiger partial charge in [-0.3, -0.25) is 9.69 Å². The standard InChI is InChI=1S/C23H17BrN2O5/c1-13-10-15(22(28)29)4-8-18(13)20-9-7-17(31-20)11-19-21(27)26(23(30)25-19)12-14-2-5-16(24)6-3-14/h2-11H,12H2,1H3,(H,25,30)(H,28,29). The quantitative estimate of drug-likeness (QED) is 0.403. The summed E-state index contributed by atoms with van der Waals surface area (Å²) in [6.45, 7) is 1.96. The van der Waals surface area contributed by atoms with E-state index in [1.54, 1.807) is 31.2 Å². The molecule has 31 heavy (non-hydrogen) atoms. The summed E-state index contributed by atoms with van der Waals surface area (Å²) in [5, 5.41) is 11.7. The molecule has 2 heterocycles. The van der Waals surface area contributed by atoms with Gasteiger partial charge in [0.2, 0.25) is 0 Å². The summed E-state index contributed by atoms with van der Waals surface area (Å²) in [6, 6.07) is 15.0. The Balaban J connectivity index is 1.54. The van der Waals surface area contributed by atoms with E-state index in [0.717, 1.165) is 26.1 Å². The lowest BCUT2D eigenvalue weighted by Crippen LogP contribution is -2.30. The molecule has 2 N–H and O–H groups in total. The summed E-state index contributed by atoms with van der Waals surface area (Å²) in [5.41, 5.74) is 2.64. The molecular weight excluding hydrogens is 464 g/mol. The maximum Gasteiger partial charge on any atom is 0.335 e. The van der Waals surface area contributed by atoms with Crippen LogP contribution in [-0.2, 0) is 11.3 Å². The minimum absolute atomic E-state index is 0.126. The normalized spacial score (nSPS) is 14.9. The number of rotatable bonds is 5.